The zero-order chi connectivity index (χ0) is 24.6. The Labute approximate surface area is 213 Å². The van der Waals surface area contributed by atoms with Gasteiger partial charge in [0.25, 0.3) is 0 Å². The van der Waals surface area contributed by atoms with Crippen LogP contribution in [0.3, 0.4) is 0 Å². The first kappa shape index (κ1) is 23.3. The molecule has 188 valence electrons. The molecule has 36 heavy (non-hydrogen) atoms. The first-order chi connectivity index (χ1) is 17.6. The van der Waals surface area contributed by atoms with E-state index in [0.29, 0.717) is 39.5 Å². The highest BCUT2D eigenvalue weighted by atomic mass is 32.1. The summed E-state index contributed by atoms with van der Waals surface area (Å²) in [6.07, 6.45) is 5.90. The van der Waals surface area contributed by atoms with Crippen LogP contribution in [-0.2, 0) is 28.9 Å². The van der Waals surface area contributed by atoms with Crippen LogP contribution in [0.25, 0.3) is 10.2 Å². The van der Waals surface area contributed by atoms with Gasteiger partial charge in [-0.25, -0.2) is 9.97 Å². The molecule has 1 saturated heterocycles. The van der Waals surface area contributed by atoms with Crippen molar-refractivity contribution in [2.45, 2.75) is 38.8 Å². The molecule has 1 amide bonds. The first-order valence-corrected chi connectivity index (χ1v) is 13.3. The molecular formula is C26H30N6O3S. The Kier molecular flexibility index (Phi) is 6.32. The molecule has 0 spiro atoms. The molecule has 2 atom stereocenters. The minimum atomic E-state index is 0.00254. The van der Waals surface area contributed by atoms with Crippen molar-refractivity contribution in [1.82, 2.24) is 14.9 Å². The van der Waals surface area contributed by atoms with Gasteiger partial charge in [0.1, 0.15) is 29.3 Å². The Balaban J connectivity index is 1.30. The zero-order valence-electron chi connectivity index (χ0n) is 20.3. The summed E-state index contributed by atoms with van der Waals surface area (Å²) in [6, 6.07) is 4.22. The molecule has 4 heterocycles. The van der Waals surface area contributed by atoms with E-state index in [1.165, 1.54) is 10.4 Å². The van der Waals surface area contributed by atoms with Gasteiger partial charge in [-0.3, -0.25) is 9.79 Å². The number of amides is 1. The van der Waals surface area contributed by atoms with E-state index >= 15 is 0 Å². The summed E-state index contributed by atoms with van der Waals surface area (Å²) in [5.41, 5.74) is 10.00. The molecule has 1 aromatic carbocycles. The maximum Gasteiger partial charge on any atom is 0.226 e. The van der Waals surface area contributed by atoms with Crippen molar-refractivity contribution < 1.29 is 14.3 Å². The predicted octanol–water partition coefficient (Wildman–Crippen LogP) is 3.06. The minimum absolute atomic E-state index is 0.00254. The maximum absolute atomic E-state index is 13.3. The Morgan fingerprint density at radius 2 is 2.28 bits per heavy atom. The second-order valence-electron chi connectivity index (χ2n) is 9.58. The fraction of sp³-hybridized carbons (Fsp3) is 0.462. The molecule has 6 rings (SSSR count). The lowest BCUT2D eigenvalue weighted by molar-refractivity contribution is -0.143. The summed E-state index contributed by atoms with van der Waals surface area (Å²) >= 11 is 1.68. The monoisotopic (exact) mass is 506 g/mol. The fourth-order valence-corrected chi connectivity index (χ4v) is 6.62. The second kappa shape index (κ2) is 9.76. The molecule has 0 radical (unpaired) electrons. The molecule has 2 aliphatic heterocycles. The molecule has 0 saturated carbocycles. The number of aliphatic imine (C=N–C) groups is 1. The summed E-state index contributed by atoms with van der Waals surface area (Å²) in [4.78, 5) is 31.1. The van der Waals surface area contributed by atoms with Gasteiger partial charge in [0.05, 0.1) is 36.9 Å². The highest BCUT2D eigenvalue weighted by molar-refractivity contribution is 7.19. The third-order valence-corrected chi connectivity index (χ3v) is 8.37. The van der Waals surface area contributed by atoms with E-state index in [0.717, 1.165) is 57.9 Å². The number of fused-ring (bicyclic) bond motifs is 4. The van der Waals surface area contributed by atoms with Gasteiger partial charge in [0.2, 0.25) is 5.91 Å². The Morgan fingerprint density at radius 3 is 3.14 bits per heavy atom. The molecule has 0 unspecified atom stereocenters. The summed E-state index contributed by atoms with van der Waals surface area (Å²) in [6.45, 7) is 5.50. The van der Waals surface area contributed by atoms with Gasteiger partial charge in [-0.1, -0.05) is 0 Å². The van der Waals surface area contributed by atoms with E-state index in [-0.39, 0.29) is 17.9 Å². The van der Waals surface area contributed by atoms with Gasteiger partial charge in [0.15, 0.2) is 0 Å². The number of hydrogen-bond donors (Lipinski definition) is 2. The minimum Gasteiger partial charge on any atom is -0.490 e. The fourth-order valence-electron chi connectivity index (χ4n) is 5.36. The van der Waals surface area contributed by atoms with E-state index in [1.807, 2.05) is 17.2 Å². The SMILES string of the molecule is C[C@H]1COCCN1C(=O)[C@H]1CCc2c(sc3ncnc(Nc4cc5c(cc4OCCN)CN=C5)c23)C1. The normalized spacial score (nSPS) is 20.9. The molecule has 9 nitrogen and oxygen atoms in total. The molecule has 3 N–H and O–H groups in total. The van der Waals surface area contributed by atoms with Crippen LogP contribution in [0.4, 0.5) is 11.5 Å². The summed E-state index contributed by atoms with van der Waals surface area (Å²) in [7, 11) is 0. The lowest BCUT2D eigenvalue weighted by Gasteiger charge is -2.36. The number of carbonyl (C=O) groups is 1. The van der Waals surface area contributed by atoms with Crippen LogP contribution >= 0.6 is 11.3 Å². The van der Waals surface area contributed by atoms with Crippen molar-refractivity contribution in [1.29, 1.82) is 0 Å². The number of nitrogens with zero attached hydrogens (tertiary/aromatic N) is 4. The highest BCUT2D eigenvalue weighted by Crippen LogP contribution is 2.42. The summed E-state index contributed by atoms with van der Waals surface area (Å²) < 4.78 is 11.5. The number of thiophene rings is 1. The number of morpholine rings is 1. The maximum atomic E-state index is 13.3. The summed E-state index contributed by atoms with van der Waals surface area (Å²) in [5, 5.41) is 4.56. The molecule has 2 aromatic heterocycles. The number of ether oxygens (including phenoxy) is 2. The van der Waals surface area contributed by atoms with Crippen molar-refractivity contribution in [3.05, 3.63) is 40.0 Å². The van der Waals surface area contributed by atoms with Crippen LogP contribution in [0.5, 0.6) is 5.75 Å². The largest absolute Gasteiger partial charge is 0.490 e. The third kappa shape index (κ3) is 4.23. The number of hydrogen-bond acceptors (Lipinski definition) is 9. The predicted molar refractivity (Wildman–Crippen MR) is 140 cm³/mol. The van der Waals surface area contributed by atoms with Crippen LogP contribution in [0, 0.1) is 5.92 Å². The number of nitrogens with two attached hydrogens (primary N) is 1. The number of rotatable bonds is 6. The number of nitrogens with one attached hydrogen (secondary N) is 1. The Morgan fingerprint density at radius 1 is 1.36 bits per heavy atom. The van der Waals surface area contributed by atoms with Crippen LogP contribution in [-0.4, -0.2) is 65.9 Å². The zero-order valence-corrected chi connectivity index (χ0v) is 21.1. The molecule has 1 fully saturated rings. The topological polar surface area (TPSA) is 115 Å². The molecule has 1 aliphatic carbocycles. The van der Waals surface area contributed by atoms with E-state index in [1.54, 1.807) is 17.7 Å². The van der Waals surface area contributed by atoms with Gasteiger partial charge < -0.3 is 25.4 Å². The Bertz CT molecular complexity index is 1340. The van der Waals surface area contributed by atoms with E-state index in [9.17, 15) is 4.79 Å². The Hall–Kier alpha value is -3.08. The standard InChI is InChI=1S/C26H30N6O3S/c1-15-13-34-7-5-32(15)26(33)16-2-3-19-22(10-16)36-25-23(19)24(29-14-30-25)31-20-8-17-11-28-12-18(17)9-21(20)35-6-4-27/h8-9,11,14-16H,2-7,10,12-13,27H2,1H3,(H,29,30,31)/t15-,16-/m0/s1. The number of carbonyl (C=O) groups excluding carboxylic acids is 1. The molecular weight excluding hydrogens is 476 g/mol. The van der Waals surface area contributed by atoms with E-state index in [2.05, 4.69) is 33.3 Å². The second-order valence-corrected chi connectivity index (χ2v) is 10.7. The quantitative estimate of drug-likeness (QED) is 0.528. The van der Waals surface area contributed by atoms with Crippen molar-refractivity contribution in [3.63, 3.8) is 0 Å². The molecule has 3 aliphatic rings. The summed E-state index contributed by atoms with van der Waals surface area (Å²) in [5.74, 6) is 1.75. The van der Waals surface area contributed by atoms with Crippen LogP contribution in [0.2, 0.25) is 0 Å². The van der Waals surface area contributed by atoms with Crippen molar-refractivity contribution in [2.75, 3.05) is 38.2 Å². The molecule has 10 heteroatoms. The van der Waals surface area contributed by atoms with Crippen LogP contribution in [0.15, 0.2) is 23.5 Å². The first-order valence-electron chi connectivity index (χ1n) is 12.5. The van der Waals surface area contributed by atoms with Gasteiger partial charge in [-0.2, -0.15) is 0 Å². The number of anilines is 2. The average molecular weight is 507 g/mol. The lowest BCUT2D eigenvalue weighted by Crippen LogP contribution is -2.50. The van der Waals surface area contributed by atoms with Gasteiger partial charge >= 0.3 is 0 Å². The highest BCUT2D eigenvalue weighted by Gasteiger charge is 2.34. The average Bonchev–Trinajstić information content (AvgIpc) is 3.51. The van der Waals surface area contributed by atoms with E-state index < -0.39 is 0 Å². The van der Waals surface area contributed by atoms with Crippen molar-refractivity contribution in [3.8, 4) is 5.75 Å². The van der Waals surface area contributed by atoms with Gasteiger partial charge in [-0.05, 0) is 55.0 Å². The molecule has 3 aromatic rings. The van der Waals surface area contributed by atoms with E-state index in [4.69, 9.17) is 15.2 Å². The number of benzene rings is 1. The smallest absolute Gasteiger partial charge is 0.226 e. The van der Waals surface area contributed by atoms with Crippen LogP contribution in [0.1, 0.15) is 34.9 Å². The lowest BCUT2D eigenvalue weighted by atomic mass is 9.86. The number of aryl methyl sites for hydroxylation is 1. The third-order valence-electron chi connectivity index (χ3n) is 7.21. The van der Waals surface area contributed by atoms with Crippen molar-refractivity contribution >= 4 is 45.2 Å². The van der Waals surface area contributed by atoms with Crippen molar-refractivity contribution in [2.24, 2.45) is 16.6 Å². The number of aromatic nitrogens is 2. The van der Waals surface area contributed by atoms with Gasteiger partial charge in [-0.15, -0.1) is 11.3 Å². The van der Waals surface area contributed by atoms with Gasteiger partial charge in [0, 0.05) is 30.1 Å². The molecule has 0 bridgehead atoms. The van der Waals surface area contributed by atoms with Crippen LogP contribution < -0.4 is 15.8 Å².